The van der Waals surface area contributed by atoms with Crippen molar-refractivity contribution in [1.29, 1.82) is 0 Å². The van der Waals surface area contributed by atoms with Crippen LogP contribution in [0.2, 0.25) is 0 Å². The Labute approximate surface area is 111 Å². The number of ether oxygens (including phenoxy) is 1. The molecule has 19 heavy (non-hydrogen) atoms. The molecule has 0 fully saturated rings. The minimum absolute atomic E-state index is 0.0508. The van der Waals surface area contributed by atoms with Crippen molar-refractivity contribution in [2.45, 2.75) is 38.7 Å². The van der Waals surface area contributed by atoms with Crippen LogP contribution in [0.3, 0.4) is 0 Å². The van der Waals surface area contributed by atoms with Gasteiger partial charge < -0.3 is 4.74 Å². The van der Waals surface area contributed by atoms with Crippen molar-refractivity contribution in [3.05, 3.63) is 34.4 Å². The summed E-state index contributed by atoms with van der Waals surface area (Å²) in [6, 6.07) is 3.11. The van der Waals surface area contributed by atoms with E-state index in [0.717, 1.165) is 0 Å². The van der Waals surface area contributed by atoms with Gasteiger partial charge in [0.1, 0.15) is 6.23 Å². The van der Waals surface area contributed by atoms with E-state index in [-0.39, 0.29) is 12.5 Å². The summed E-state index contributed by atoms with van der Waals surface area (Å²) in [5, 5.41) is 0. The first kappa shape index (κ1) is 14.3. The van der Waals surface area contributed by atoms with Crippen LogP contribution < -0.4 is 0 Å². The van der Waals surface area contributed by atoms with E-state index in [4.69, 9.17) is 4.74 Å². The van der Waals surface area contributed by atoms with Gasteiger partial charge in [-0.3, -0.25) is 4.90 Å². The molecule has 0 aromatic heterocycles. The molecule has 106 valence electrons. The Balaban J connectivity index is 2.64. The second kappa shape index (κ2) is 4.80. The number of alkyl halides is 3. The summed E-state index contributed by atoms with van der Waals surface area (Å²) < 4.78 is 44.9. The lowest BCUT2D eigenvalue weighted by Gasteiger charge is -2.19. The minimum Gasteiger partial charge on any atom is -0.362 e. The quantitative estimate of drug-likeness (QED) is 0.809. The number of rotatable bonds is 2. The zero-order valence-electron chi connectivity index (χ0n) is 11.5. The van der Waals surface area contributed by atoms with E-state index in [9.17, 15) is 13.2 Å². The van der Waals surface area contributed by atoms with Crippen LogP contribution in [-0.4, -0.2) is 19.1 Å². The second-order valence-electron chi connectivity index (χ2n) is 5.29. The predicted octanol–water partition coefficient (Wildman–Crippen LogP) is 3.92. The lowest BCUT2D eigenvalue weighted by molar-refractivity contribution is -0.138. The molecule has 0 N–H and O–H groups in total. The van der Waals surface area contributed by atoms with Crippen molar-refractivity contribution in [3.63, 3.8) is 0 Å². The molecule has 0 aliphatic carbocycles. The Morgan fingerprint density at radius 2 is 1.95 bits per heavy atom. The monoisotopic (exact) mass is 273 g/mol. The molecule has 1 atom stereocenters. The van der Waals surface area contributed by atoms with Gasteiger partial charge in [0.25, 0.3) is 0 Å². The molecule has 1 aliphatic heterocycles. The average molecular weight is 273 g/mol. The van der Waals surface area contributed by atoms with E-state index in [0.29, 0.717) is 16.7 Å². The van der Waals surface area contributed by atoms with Crippen LogP contribution in [0.15, 0.2) is 12.1 Å². The zero-order valence-corrected chi connectivity index (χ0v) is 11.5. The summed E-state index contributed by atoms with van der Waals surface area (Å²) in [6.07, 6.45) is -4.71. The third-order valence-corrected chi connectivity index (χ3v) is 3.58. The van der Waals surface area contributed by atoms with Gasteiger partial charge in [0.15, 0.2) is 0 Å². The van der Waals surface area contributed by atoms with E-state index in [1.807, 2.05) is 19.9 Å². The van der Waals surface area contributed by atoms with Gasteiger partial charge in [0.2, 0.25) is 0 Å². The molecule has 0 saturated heterocycles. The van der Waals surface area contributed by atoms with Crippen LogP contribution in [0.4, 0.5) is 13.2 Å². The van der Waals surface area contributed by atoms with Gasteiger partial charge in [0.05, 0.1) is 5.56 Å². The van der Waals surface area contributed by atoms with Crippen LogP contribution in [0.1, 0.15) is 48.2 Å². The van der Waals surface area contributed by atoms with Gasteiger partial charge in [0, 0.05) is 19.2 Å². The number of hydrogen-bond donors (Lipinski definition) is 0. The number of fused-ring (bicyclic) bond motifs is 1. The van der Waals surface area contributed by atoms with Gasteiger partial charge in [-0.25, -0.2) is 0 Å². The fourth-order valence-corrected chi connectivity index (χ4v) is 2.58. The number of nitrogens with zero attached hydrogens (tertiary/aromatic N) is 1. The van der Waals surface area contributed by atoms with Crippen molar-refractivity contribution < 1.29 is 17.9 Å². The first-order chi connectivity index (χ1) is 8.75. The molecule has 1 unspecified atom stereocenters. The summed E-state index contributed by atoms with van der Waals surface area (Å²) in [5.41, 5.74) is 1.15. The Morgan fingerprint density at radius 1 is 1.32 bits per heavy atom. The van der Waals surface area contributed by atoms with Gasteiger partial charge in [-0.1, -0.05) is 19.9 Å². The van der Waals surface area contributed by atoms with Gasteiger partial charge >= 0.3 is 6.18 Å². The van der Waals surface area contributed by atoms with Crippen LogP contribution in [0.5, 0.6) is 0 Å². The molecule has 0 spiro atoms. The third-order valence-electron chi connectivity index (χ3n) is 3.58. The van der Waals surface area contributed by atoms with Gasteiger partial charge in [-0.15, -0.1) is 0 Å². The first-order valence-electron chi connectivity index (χ1n) is 6.22. The lowest BCUT2D eigenvalue weighted by Crippen LogP contribution is -2.17. The van der Waals surface area contributed by atoms with E-state index in [1.54, 1.807) is 11.9 Å². The predicted molar refractivity (Wildman–Crippen MR) is 66.8 cm³/mol. The van der Waals surface area contributed by atoms with Crippen LogP contribution in [0, 0.1) is 0 Å². The molecule has 1 aromatic carbocycles. The molecule has 2 nitrogen and oxygen atoms in total. The van der Waals surface area contributed by atoms with E-state index < -0.39 is 18.0 Å². The smallest absolute Gasteiger partial charge is 0.362 e. The van der Waals surface area contributed by atoms with Crippen molar-refractivity contribution in [2.75, 3.05) is 14.2 Å². The summed E-state index contributed by atoms with van der Waals surface area (Å²) >= 11 is 0. The largest absolute Gasteiger partial charge is 0.416 e. The van der Waals surface area contributed by atoms with Crippen molar-refractivity contribution in [2.24, 2.45) is 0 Å². The molecule has 1 aliphatic rings. The Bertz CT molecular complexity index is 482. The normalized spacial score (nSPS) is 20.1. The standard InChI is InChI=1S/C14H18F3NO/c1-8(2)9-5-10-11(7-18(3)13(10)19-4)12(6-9)14(15,16)17/h5-6,8,13H,7H2,1-4H3. The van der Waals surface area contributed by atoms with Crippen LogP contribution in [0.25, 0.3) is 0 Å². The second-order valence-corrected chi connectivity index (χ2v) is 5.29. The van der Waals surface area contributed by atoms with Crippen molar-refractivity contribution in [3.8, 4) is 0 Å². The average Bonchev–Trinajstić information content (AvgIpc) is 2.61. The molecule has 0 bridgehead atoms. The third kappa shape index (κ3) is 2.49. The molecular weight excluding hydrogens is 255 g/mol. The Morgan fingerprint density at radius 3 is 2.42 bits per heavy atom. The summed E-state index contributed by atoms with van der Waals surface area (Å²) in [4.78, 5) is 1.78. The summed E-state index contributed by atoms with van der Waals surface area (Å²) in [6.45, 7) is 4.05. The maximum atomic E-state index is 13.2. The van der Waals surface area contributed by atoms with Gasteiger partial charge in [-0.2, -0.15) is 13.2 Å². The highest BCUT2D eigenvalue weighted by atomic mass is 19.4. The van der Waals surface area contributed by atoms with Crippen molar-refractivity contribution >= 4 is 0 Å². The highest BCUT2D eigenvalue weighted by Gasteiger charge is 2.39. The maximum Gasteiger partial charge on any atom is 0.416 e. The Kier molecular flexibility index (Phi) is 3.62. The lowest BCUT2D eigenvalue weighted by atomic mass is 9.93. The maximum absolute atomic E-state index is 13.2. The van der Waals surface area contributed by atoms with E-state index >= 15 is 0 Å². The van der Waals surface area contributed by atoms with Crippen molar-refractivity contribution in [1.82, 2.24) is 4.90 Å². The topological polar surface area (TPSA) is 12.5 Å². The molecule has 1 aromatic rings. The number of methoxy groups -OCH3 is 1. The Hall–Kier alpha value is -1.07. The number of hydrogen-bond acceptors (Lipinski definition) is 2. The minimum atomic E-state index is -4.32. The van der Waals surface area contributed by atoms with Crippen LogP contribution in [-0.2, 0) is 17.5 Å². The molecule has 0 radical (unpaired) electrons. The molecule has 2 rings (SSSR count). The van der Waals surface area contributed by atoms with E-state index in [1.165, 1.54) is 13.2 Å². The fourth-order valence-electron chi connectivity index (χ4n) is 2.58. The number of benzene rings is 1. The SMILES string of the molecule is COC1c2cc(C(C)C)cc(C(F)(F)F)c2CN1C. The van der Waals surface area contributed by atoms with Gasteiger partial charge in [-0.05, 0) is 30.2 Å². The summed E-state index contributed by atoms with van der Waals surface area (Å²) in [5.74, 6) is 0.0508. The highest BCUT2D eigenvalue weighted by molar-refractivity contribution is 5.45. The highest BCUT2D eigenvalue weighted by Crippen LogP contribution is 2.42. The summed E-state index contributed by atoms with van der Waals surface area (Å²) in [7, 11) is 3.29. The van der Waals surface area contributed by atoms with E-state index in [2.05, 4.69) is 0 Å². The molecule has 1 heterocycles. The molecule has 5 heteroatoms. The first-order valence-corrected chi connectivity index (χ1v) is 6.22. The molecule has 0 amide bonds. The van der Waals surface area contributed by atoms with Crippen LogP contribution >= 0.6 is 0 Å². The number of halogens is 3. The zero-order chi connectivity index (χ0) is 14.4. The molecular formula is C14H18F3NO. The molecule has 0 saturated carbocycles. The fraction of sp³-hybridized carbons (Fsp3) is 0.571.